The maximum Gasteiger partial charge on any atom is 0.472 e. The summed E-state index contributed by atoms with van der Waals surface area (Å²) in [7, 11) is -3.88. The van der Waals surface area contributed by atoms with E-state index in [1.807, 2.05) is 0 Å². The highest BCUT2D eigenvalue weighted by Gasteiger charge is 2.19. The molecular weight excluding hydrogens is 551 g/mol. The summed E-state index contributed by atoms with van der Waals surface area (Å²) in [6, 6.07) is 0. The second-order valence-electron chi connectivity index (χ2n) is 13.4. The minimum atomic E-state index is -3.88. The van der Waals surface area contributed by atoms with Gasteiger partial charge in [-0.2, -0.15) is 0 Å². The Bertz CT molecular complexity index is 512. The zero-order chi connectivity index (χ0) is 31.4. The number of phosphoric ester groups is 1. The van der Waals surface area contributed by atoms with Crippen molar-refractivity contribution in [2.45, 2.75) is 232 Å². The van der Waals surface area contributed by atoms with E-state index in [1.54, 1.807) is 0 Å². The standard InChI is InChI=1S/C38H79O4P/c1-3-5-7-9-11-13-15-17-19-21-23-25-27-29-31-33-35-37-41-43(39,40)42-38-36-34-32-30-28-26-24-22-20-18-16-14-12-10-8-6-4-2/h3-38H2,1-2H3,(H,39,40). The number of phosphoric acid groups is 1. The number of hydrogen-bond acceptors (Lipinski definition) is 3. The van der Waals surface area contributed by atoms with Crippen molar-refractivity contribution in [2.24, 2.45) is 0 Å². The van der Waals surface area contributed by atoms with E-state index in [0.29, 0.717) is 13.2 Å². The molecule has 0 amide bonds. The summed E-state index contributed by atoms with van der Waals surface area (Å²) in [5.74, 6) is 0. The summed E-state index contributed by atoms with van der Waals surface area (Å²) < 4.78 is 22.4. The van der Waals surface area contributed by atoms with E-state index in [-0.39, 0.29) is 0 Å². The van der Waals surface area contributed by atoms with Crippen molar-refractivity contribution in [2.75, 3.05) is 13.2 Å². The average molecular weight is 631 g/mol. The zero-order valence-electron chi connectivity index (χ0n) is 29.6. The molecule has 0 aromatic heterocycles. The Kier molecular flexibility index (Phi) is 36.7. The van der Waals surface area contributed by atoms with Crippen molar-refractivity contribution in [1.82, 2.24) is 0 Å². The zero-order valence-corrected chi connectivity index (χ0v) is 30.5. The van der Waals surface area contributed by atoms with Gasteiger partial charge in [-0.25, -0.2) is 4.57 Å². The van der Waals surface area contributed by atoms with Crippen molar-refractivity contribution >= 4 is 7.82 Å². The van der Waals surface area contributed by atoms with Crippen molar-refractivity contribution in [3.63, 3.8) is 0 Å². The largest absolute Gasteiger partial charge is 0.472 e. The molecule has 0 atom stereocenters. The van der Waals surface area contributed by atoms with E-state index in [2.05, 4.69) is 13.8 Å². The minimum Gasteiger partial charge on any atom is -0.302 e. The van der Waals surface area contributed by atoms with E-state index in [4.69, 9.17) is 9.05 Å². The fourth-order valence-corrected chi connectivity index (χ4v) is 6.85. The van der Waals surface area contributed by atoms with Gasteiger partial charge in [0.25, 0.3) is 0 Å². The highest BCUT2D eigenvalue weighted by Crippen LogP contribution is 2.43. The Morgan fingerprint density at radius 2 is 0.488 bits per heavy atom. The molecule has 1 N–H and O–H groups in total. The van der Waals surface area contributed by atoms with E-state index >= 15 is 0 Å². The first-order chi connectivity index (χ1) is 21.1. The fraction of sp³-hybridized carbons (Fsp3) is 1.00. The molecule has 0 bridgehead atoms. The smallest absolute Gasteiger partial charge is 0.302 e. The van der Waals surface area contributed by atoms with E-state index in [1.165, 1.54) is 193 Å². The van der Waals surface area contributed by atoms with Gasteiger partial charge in [0.1, 0.15) is 0 Å². The van der Waals surface area contributed by atoms with E-state index in [9.17, 15) is 9.46 Å². The molecule has 5 heteroatoms. The molecule has 0 heterocycles. The Morgan fingerprint density at radius 1 is 0.326 bits per heavy atom. The van der Waals surface area contributed by atoms with Gasteiger partial charge in [0.2, 0.25) is 0 Å². The van der Waals surface area contributed by atoms with Crippen LogP contribution < -0.4 is 0 Å². The lowest BCUT2D eigenvalue weighted by Gasteiger charge is -2.12. The van der Waals surface area contributed by atoms with Gasteiger partial charge in [-0.05, 0) is 12.8 Å². The van der Waals surface area contributed by atoms with Gasteiger partial charge in [-0.3, -0.25) is 9.05 Å². The fourth-order valence-electron chi connectivity index (χ4n) is 6.05. The Morgan fingerprint density at radius 3 is 0.674 bits per heavy atom. The van der Waals surface area contributed by atoms with Crippen molar-refractivity contribution in [3.05, 3.63) is 0 Å². The summed E-state index contributed by atoms with van der Waals surface area (Å²) in [6.45, 7) is 5.22. The van der Waals surface area contributed by atoms with Crippen LogP contribution in [0.15, 0.2) is 0 Å². The predicted octanol–water partition coefficient (Wildman–Crippen LogP) is 14.4. The van der Waals surface area contributed by atoms with Gasteiger partial charge in [0.15, 0.2) is 0 Å². The molecule has 0 aliphatic carbocycles. The summed E-state index contributed by atoms with van der Waals surface area (Å²) in [4.78, 5) is 9.90. The summed E-state index contributed by atoms with van der Waals surface area (Å²) in [6.07, 6.45) is 45.1. The van der Waals surface area contributed by atoms with Crippen LogP contribution >= 0.6 is 7.82 Å². The first-order valence-electron chi connectivity index (χ1n) is 19.7. The molecule has 4 nitrogen and oxygen atoms in total. The van der Waals surface area contributed by atoms with Crippen LogP contribution in [-0.2, 0) is 13.6 Å². The SMILES string of the molecule is CCCCCCCCCCCCCCCCCCCOP(=O)(O)OCCCCCCCCCCCCCCCCCCC. The van der Waals surface area contributed by atoms with Gasteiger partial charge in [0.05, 0.1) is 13.2 Å². The normalized spacial score (nSPS) is 12.0. The molecule has 0 fully saturated rings. The monoisotopic (exact) mass is 631 g/mol. The Labute approximate surface area is 271 Å². The highest BCUT2D eigenvalue weighted by molar-refractivity contribution is 7.47. The Balaban J connectivity index is 3.26. The second kappa shape index (κ2) is 36.6. The van der Waals surface area contributed by atoms with Crippen LogP contribution in [0.1, 0.15) is 232 Å². The molecule has 0 aliphatic heterocycles. The van der Waals surface area contributed by atoms with Gasteiger partial charge < -0.3 is 4.89 Å². The lowest BCUT2D eigenvalue weighted by molar-refractivity contribution is 0.145. The maximum atomic E-state index is 12.1. The third kappa shape index (κ3) is 38.2. The first-order valence-corrected chi connectivity index (χ1v) is 21.2. The minimum absolute atomic E-state index is 0.325. The first kappa shape index (κ1) is 43.1. The molecule has 0 saturated heterocycles. The van der Waals surface area contributed by atoms with E-state index < -0.39 is 7.82 Å². The molecule has 0 rings (SSSR count). The molecule has 0 aromatic rings. The van der Waals surface area contributed by atoms with Crippen molar-refractivity contribution in [1.29, 1.82) is 0 Å². The lowest BCUT2D eigenvalue weighted by atomic mass is 10.0. The molecule has 0 aromatic carbocycles. The van der Waals surface area contributed by atoms with Crippen LogP contribution in [0.3, 0.4) is 0 Å². The van der Waals surface area contributed by atoms with Gasteiger partial charge in [-0.15, -0.1) is 0 Å². The van der Waals surface area contributed by atoms with Crippen LogP contribution in [0.25, 0.3) is 0 Å². The molecule has 260 valence electrons. The van der Waals surface area contributed by atoms with Crippen molar-refractivity contribution in [3.8, 4) is 0 Å². The highest BCUT2D eigenvalue weighted by atomic mass is 31.2. The molecule has 43 heavy (non-hydrogen) atoms. The number of rotatable bonds is 38. The molecule has 0 unspecified atom stereocenters. The summed E-state index contributed by atoms with van der Waals surface area (Å²) >= 11 is 0. The molecule has 0 spiro atoms. The predicted molar refractivity (Wildman–Crippen MR) is 190 cm³/mol. The van der Waals surface area contributed by atoms with Crippen LogP contribution in [0.2, 0.25) is 0 Å². The molecular formula is C38H79O4P. The van der Waals surface area contributed by atoms with Crippen LogP contribution in [0, 0.1) is 0 Å². The van der Waals surface area contributed by atoms with Crippen molar-refractivity contribution < 1.29 is 18.5 Å². The quantitative estimate of drug-likeness (QED) is 0.0545. The molecule has 0 aliphatic rings. The summed E-state index contributed by atoms with van der Waals surface area (Å²) in [5, 5.41) is 0. The molecule has 0 saturated carbocycles. The number of hydrogen-bond donors (Lipinski definition) is 1. The average Bonchev–Trinajstić information content (AvgIpc) is 3.00. The maximum absolute atomic E-state index is 12.1. The van der Waals surface area contributed by atoms with Gasteiger partial charge in [-0.1, -0.05) is 219 Å². The van der Waals surface area contributed by atoms with Gasteiger partial charge >= 0.3 is 7.82 Å². The lowest BCUT2D eigenvalue weighted by Crippen LogP contribution is -1.99. The second-order valence-corrected chi connectivity index (χ2v) is 14.9. The molecule has 0 radical (unpaired) electrons. The van der Waals surface area contributed by atoms with Crippen LogP contribution in [0.4, 0.5) is 0 Å². The number of unbranched alkanes of at least 4 members (excludes halogenated alkanes) is 32. The van der Waals surface area contributed by atoms with Crippen LogP contribution in [-0.4, -0.2) is 18.1 Å². The Hall–Kier alpha value is 0.110. The topological polar surface area (TPSA) is 55.8 Å². The third-order valence-corrected chi connectivity index (χ3v) is 10.0. The van der Waals surface area contributed by atoms with Crippen LogP contribution in [0.5, 0.6) is 0 Å². The summed E-state index contributed by atoms with van der Waals surface area (Å²) in [5.41, 5.74) is 0. The third-order valence-electron chi connectivity index (χ3n) is 9.00. The van der Waals surface area contributed by atoms with Gasteiger partial charge in [0, 0.05) is 0 Å². The van der Waals surface area contributed by atoms with E-state index in [0.717, 1.165) is 25.7 Å².